The maximum atomic E-state index is 11.7. The van der Waals surface area contributed by atoms with Gasteiger partial charge in [-0.1, -0.05) is 0 Å². The van der Waals surface area contributed by atoms with Crippen LogP contribution in [0, 0.1) is 12.8 Å². The first-order chi connectivity index (χ1) is 9.44. The van der Waals surface area contributed by atoms with E-state index in [2.05, 4.69) is 20.9 Å². The topological polar surface area (TPSA) is 59.4 Å². The summed E-state index contributed by atoms with van der Waals surface area (Å²) < 4.78 is 5.78. The van der Waals surface area contributed by atoms with Crippen molar-refractivity contribution in [2.75, 3.05) is 6.61 Å². The highest BCUT2D eigenvalue weighted by atomic mass is 79.9. The minimum absolute atomic E-state index is 0.0940. The van der Waals surface area contributed by atoms with E-state index in [0.29, 0.717) is 38.0 Å². The third-order valence-electron chi connectivity index (χ3n) is 3.85. The predicted octanol–water partition coefficient (Wildman–Crippen LogP) is 3.09. The van der Waals surface area contributed by atoms with Crippen molar-refractivity contribution in [1.29, 1.82) is 0 Å². The van der Waals surface area contributed by atoms with Crippen molar-refractivity contribution in [3.8, 4) is 0 Å². The van der Waals surface area contributed by atoms with Crippen LogP contribution in [-0.2, 0) is 15.1 Å². The largest absolute Gasteiger partial charge is 0.466 e. The van der Waals surface area contributed by atoms with Crippen molar-refractivity contribution in [2.45, 2.75) is 45.1 Å². The van der Waals surface area contributed by atoms with Gasteiger partial charge in [0.2, 0.25) is 0 Å². The summed E-state index contributed by atoms with van der Waals surface area (Å²) in [5.74, 6) is -0.239. The van der Waals surface area contributed by atoms with E-state index in [-0.39, 0.29) is 11.9 Å². The van der Waals surface area contributed by atoms with E-state index in [1.165, 1.54) is 0 Å². The van der Waals surface area contributed by atoms with Crippen molar-refractivity contribution in [3.63, 3.8) is 0 Å². The van der Waals surface area contributed by atoms with E-state index in [1.54, 1.807) is 0 Å². The number of hydrogen-bond acceptors (Lipinski definition) is 4. The van der Waals surface area contributed by atoms with Gasteiger partial charge >= 0.3 is 5.97 Å². The summed E-state index contributed by atoms with van der Waals surface area (Å²) in [5.41, 5.74) is 0.812. The number of pyridine rings is 1. The maximum Gasteiger partial charge on any atom is 0.308 e. The standard InChI is InChI=1S/C15H20BrNO3/c1-3-20-14(18)11-4-6-15(19,7-5-11)12-8-10(2)9-13(16)17-12/h8-9,11,19H,3-7H2,1-2H3/t11-,15-. The molecule has 0 atom stereocenters. The Morgan fingerprint density at radius 1 is 1.50 bits per heavy atom. The number of aromatic nitrogens is 1. The van der Waals surface area contributed by atoms with Crippen LogP contribution in [0.1, 0.15) is 43.9 Å². The first-order valence-electron chi connectivity index (χ1n) is 6.98. The molecule has 1 aliphatic carbocycles. The number of aliphatic hydroxyl groups is 1. The van der Waals surface area contributed by atoms with E-state index in [0.717, 1.165) is 10.2 Å². The molecule has 0 aliphatic heterocycles. The van der Waals surface area contributed by atoms with Crippen molar-refractivity contribution in [1.82, 2.24) is 4.98 Å². The molecule has 0 bridgehead atoms. The van der Waals surface area contributed by atoms with Crippen LogP contribution in [0.15, 0.2) is 16.7 Å². The molecule has 1 saturated carbocycles. The van der Waals surface area contributed by atoms with Crippen LogP contribution in [0.2, 0.25) is 0 Å². The van der Waals surface area contributed by atoms with Gasteiger partial charge in [-0.3, -0.25) is 4.79 Å². The molecular weight excluding hydrogens is 322 g/mol. The van der Waals surface area contributed by atoms with Crippen LogP contribution in [0.3, 0.4) is 0 Å². The second-order valence-corrected chi connectivity index (χ2v) is 6.22. The summed E-state index contributed by atoms with van der Waals surface area (Å²) in [6, 6.07) is 3.83. The minimum atomic E-state index is -0.933. The minimum Gasteiger partial charge on any atom is -0.466 e. The molecule has 0 radical (unpaired) electrons. The summed E-state index contributed by atoms with van der Waals surface area (Å²) in [4.78, 5) is 16.1. The molecule has 1 N–H and O–H groups in total. The van der Waals surface area contributed by atoms with E-state index in [9.17, 15) is 9.90 Å². The van der Waals surface area contributed by atoms with Gasteiger partial charge < -0.3 is 9.84 Å². The zero-order valence-electron chi connectivity index (χ0n) is 11.9. The Hall–Kier alpha value is -0.940. The first kappa shape index (κ1) is 15.4. The van der Waals surface area contributed by atoms with E-state index in [1.807, 2.05) is 26.0 Å². The fourth-order valence-electron chi connectivity index (χ4n) is 2.71. The molecule has 0 saturated heterocycles. The molecule has 0 unspecified atom stereocenters. The monoisotopic (exact) mass is 341 g/mol. The lowest BCUT2D eigenvalue weighted by Gasteiger charge is -2.34. The number of rotatable bonds is 3. The summed E-state index contributed by atoms with van der Waals surface area (Å²) in [7, 11) is 0. The quantitative estimate of drug-likeness (QED) is 0.677. The number of nitrogens with zero attached hydrogens (tertiary/aromatic N) is 1. The Bertz CT molecular complexity index is 476. The number of carbonyl (C=O) groups excluding carboxylic acids is 1. The van der Waals surface area contributed by atoms with E-state index in [4.69, 9.17) is 4.74 Å². The predicted molar refractivity (Wildman–Crippen MR) is 79.2 cm³/mol. The zero-order chi connectivity index (χ0) is 14.8. The van der Waals surface area contributed by atoms with Gasteiger partial charge in [-0.2, -0.15) is 0 Å². The maximum absolute atomic E-state index is 11.7. The number of carbonyl (C=O) groups is 1. The molecule has 2 rings (SSSR count). The Kier molecular flexibility index (Phi) is 4.81. The van der Waals surface area contributed by atoms with Crippen molar-refractivity contribution < 1.29 is 14.6 Å². The lowest BCUT2D eigenvalue weighted by atomic mass is 9.77. The number of ether oxygens (including phenoxy) is 1. The molecule has 0 aromatic carbocycles. The summed E-state index contributed by atoms with van der Waals surface area (Å²) in [6.07, 6.45) is 2.36. The highest BCUT2D eigenvalue weighted by Gasteiger charge is 2.38. The molecule has 5 heteroatoms. The van der Waals surface area contributed by atoms with Gasteiger partial charge in [0, 0.05) is 0 Å². The highest BCUT2D eigenvalue weighted by Crippen LogP contribution is 2.39. The number of halogens is 1. The van der Waals surface area contributed by atoms with Crippen molar-refractivity contribution >= 4 is 21.9 Å². The summed E-state index contributed by atoms with van der Waals surface area (Å²) in [5, 5.41) is 10.8. The molecule has 1 fully saturated rings. The molecule has 0 spiro atoms. The van der Waals surface area contributed by atoms with Crippen molar-refractivity contribution in [2.24, 2.45) is 5.92 Å². The molecule has 1 aliphatic rings. The van der Waals surface area contributed by atoms with Crippen LogP contribution in [0.25, 0.3) is 0 Å². The molecule has 1 aromatic rings. The summed E-state index contributed by atoms with van der Waals surface area (Å²) >= 11 is 3.36. The van der Waals surface area contributed by atoms with E-state index < -0.39 is 5.60 Å². The van der Waals surface area contributed by atoms with Crippen LogP contribution in [0.5, 0.6) is 0 Å². The highest BCUT2D eigenvalue weighted by molar-refractivity contribution is 9.10. The third-order valence-corrected chi connectivity index (χ3v) is 4.25. The average molecular weight is 342 g/mol. The van der Waals surface area contributed by atoms with E-state index >= 15 is 0 Å². The summed E-state index contributed by atoms with van der Waals surface area (Å²) in [6.45, 7) is 4.20. The molecule has 1 aromatic heterocycles. The smallest absolute Gasteiger partial charge is 0.308 e. The Labute approximate surface area is 127 Å². The fourth-order valence-corrected chi connectivity index (χ4v) is 3.26. The van der Waals surface area contributed by atoms with Gasteiger partial charge in [-0.05, 0) is 73.2 Å². The molecule has 0 amide bonds. The zero-order valence-corrected chi connectivity index (χ0v) is 13.4. The first-order valence-corrected chi connectivity index (χ1v) is 7.77. The lowest BCUT2D eigenvalue weighted by molar-refractivity contribution is -0.151. The fraction of sp³-hybridized carbons (Fsp3) is 0.600. The molecule has 110 valence electrons. The Morgan fingerprint density at radius 3 is 2.70 bits per heavy atom. The van der Waals surface area contributed by atoms with Gasteiger partial charge in [0.25, 0.3) is 0 Å². The second-order valence-electron chi connectivity index (χ2n) is 5.41. The molecule has 4 nitrogen and oxygen atoms in total. The second kappa shape index (κ2) is 6.22. The van der Waals surface area contributed by atoms with Gasteiger partial charge in [-0.25, -0.2) is 4.98 Å². The Balaban J connectivity index is 2.09. The molecular formula is C15H20BrNO3. The van der Waals surface area contributed by atoms with Gasteiger partial charge in [0.05, 0.1) is 18.2 Å². The van der Waals surface area contributed by atoms with Crippen molar-refractivity contribution in [3.05, 3.63) is 28.0 Å². The number of hydrogen-bond donors (Lipinski definition) is 1. The van der Waals surface area contributed by atoms with Crippen LogP contribution < -0.4 is 0 Å². The van der Waals surface area contributed by atoms with Gasteiger partial charge in [-0.15, -0.1) is 0 Å². The average Bonchev–Trinajstić information content (AvgIpc) is 2.38. The molecule has 20 heavy (non-hydrogen) atoms. The van der Waals surface area contributed by atoms with Crippen LogP contribution in [0.4, 0.5) is 0 Å². The SMILES string of the molecule is CCOC(=O)[C@H]1CC[C@@](O)(c2cc(C)cc(Br)n2)CC1. The van der Waals surface area contributed by atoms with Gasteiger partial charge in [0.1, 0.15) is 10.2 Å². The van der Waals surface area contributed by atoms with Crippen LogP contribution >= 0.6 is 15.9 Å². The van der Waals surface area contributed by atoms with Gasteiger partial charge in [0.15, 0.2) is 0 Å². The third kappa shape index (κ3) is 3.38. The molecule has 1 heterocycles. The number of aryl methyl sites for hydroxylation is 1. The number of esters is 1. The normalized spacial score (nSPS) is 26.3. The Morgan fingerprint density at radius 2 is 2.15 bits per heavy atom. The lowest BCUT2D eigenvalue weighted by Crippen LogP contribution is -2.35. The van der Waals surface area contributed by atoms with Crippen LogP contribution in [-0.4, -0.2) is 22.7 Å².